The van der Waals surface area contributed by atoms with Gasteiger partial charge >= 0.3 is 12.1 Å². The first-order valence-corrected chi connectivity index (χ1v) is 12.2. The van der Waals surface area contributed by atoms with E-state index in [1.807, 2.05) is 6.92 Å². The number of benzene rings is 2. The maximum atomic E-state index is 14.6. The first-order valence-electron chi connectivity index (χ1n) is 12.2. The Morgan fingerprint density at radius 3 is 2.72 bits per heavy atom. The van der Waals surface area contributed by atoms with Gasteiger partial charge in [-0.05, 0) is 61.4 Å². The van der Waals surface area contributed by atoms with Gasteiger partial charge in [-0.2, -0.15) is 5.10 Å². The Bertz CT molecular complexity index is 1610. The van der Waals surface area contributed by atoms with Crippen LogP contribution in [-0.2, 0) is 17.8 Å². The quantitative estimate of drug-likeness (QED) is 0.297. The standard InChI is InChI=1S/C27H27FN8O3/c1-15-12-29-24(31-15)14-35(3)25(37)11-18-9-17(4-6-21(18)28)23-8-16(2)36(27(39)33-23)26(38)32-20-5-7-22-19(10-20)13-30-34-22/h4-10,12-13,23H,11,14H2,1-3H3,(H,29,31)(H,30,34)(H,32,38)(H,33,39). The fourth-order valence-electron chi connectivity index (χ4n) is 4.43. The Morgan fingerprint density at radius 2 is 1.97 bits per heavy atom. The van der Waals surface area contributed by atoms with Gasteiger partial charge in [-0.15, -0.1) is 0 Å². The second-order valence-electron chi connectivity index (χ2n) is 9.46. The van der Waals surface area contributed by atoms with Crippen molar-refractivity contribution in [3.05, 3.63) is 89.0 Å². The van der Waals surface area contributed by atoms with Gasteiger partial charge in [0.15, 0.2) is 0 Å². The number of hydrogen-bond donors (Lipinski definition) is 4. The number of aromatic nitrogens is 4. The number of fused-ring (bicyclic) bond motifs is 1. The van der Waals surface area contributed by atoms with E-state index in [9.17, 15) is 18.8 Å². The summed E-state index contributed by atoms with van der Waals surface area (Å²) in [6.45, 7) is 3.78. The van der Waals surface area contributed by atoms with E-state index in [-0.39, 0.29) is 24.4 Å². The van der Waals surface area contributed by atoms with Crippen LogP contribution in [0.2, 0.25) is 0 Å². The van der Waals surface area contributed by atoms with Crippen molar-refractivity contribution in [2.24, 2.45) is 0 Å². The summed E-state index contributed by atoms with van der Waals surface area (Å²) < 4.78 is 14.6. The molecule has 2 aromatic heterocycles. The Kier molecular flexibility index (Phi) is 6.84. The van der Waals surface area contributed by atoms with Crippen LogP contribution in [0.1, 0.15) is 35.6 Å². The Balaban J connectivity index is 1.28. The summed E-state index contributed by atoms with van der Waals surface area (Å²) in [5.74, 6) is -0.164. The lowest BCUT2D eigenvalue weighted by molar-refractivity contribution is -0.129. The van der Waals surface area contributed by atoms with Gasteiger partial charge in [0.25, 0.3) is 0 Å². The van der Waals surface area contributed by atoms with Crippen LogP contribution in [-0.4, -0.2) is 55.0 Å². The Labute approximate surface area is 223 Å². The first-order chi connectivity index (χ1) is 18.7. The third-order valence-corrected chi connectivity index (χ3v) is 6.48. The number of halogens is 1. The zero-order chi connectivity index (χ0) is 27.7. The number of allylic oxidation sites excluding steroid dienone is 1. The highest BCUT2D eigenvalue weighted by Gasteiger charge is 2.31. The van der Waals surface area contributed by atoms with E-state index >= 15 is 0 Å². The van der Waals surface area contributed by atoms with Crippen LogP contribution >= 0.6 is 0 Å². The average Bonchev–Trinajstić information content (AvgIpc) is 3.52. The van der Waals surface area contributed by atoms with Gasteiger partial charge in [0.1, 0.15) is 11.6 Å². The summed E-state index contributed by atoms with van der Waals surface area (Å²) in [6.07, 6.45) is 4.85. The number of urea groups is 2. The van der Waals surface area contributed by atoms with Crippen LogP contribution in [0.25, 0.3) is 10.9 Å². The summed E-state index contributed by atoms with van der Waals surface area (Å²) in [7, 11) is 1.63. The molecule has 0 radical (unpaired) electrons. The van der Waals surface area contributed by atoms with Crippen LogP contribution < -0.4 is 10.6 Å². The lowest BCUT2D eigenvalue weighted by Gasteiger charge is -2.30. The fraction of sp³-hybridized carbons (Fsp3) is 0.222. The lowest BCUT2D eigenvalue weighted by Crippen LogP contribution is -2.48. The van der Waals surface area contributed by atoms with Crippen LogP contribution in [0, 0.1) is 12.7 Å². The molecule has 12 heteroatoms. The third kappa shape index (κ3) is 5.49. The molecule has 0 saturated heterocycles. The van der Waals surface area contributed by atoms with Gasteiger partial charge in [0.2, 0.25) is 5.91 Å². The van der Waals surface area contributed by atoms with E-state index < -0.39 is 23.9 Å². The predicted molar refractivity (Wildman–Crippen MR) is 142 cm³/mol. The van der Waals surface area contributed by atoms with Gasteiger partial charge in [0.05, 0.1) is 30.7 Å². The summed E-state index contributed by atoms with van der Waals surface area (Å²) in [4.78, 5) is 48.4. The molecule has 4 aromatic rings. The van der Waals surface area contributed by atoms with Crippen molar-refractivity contribution in [3.63, 3.8) is 0 Å². The molecule has 5 amide bonds. The molecule has 1 aliphatic rings. The third-order valence-electron chi connectivity index (χ3n) is 6.48. The van der Waals surface area contributed by atoms with Crippen molar-refractivity contribution in [1.82, 2.24) is 35.3 Å². The number of amides is 5. The minimum Gasteiger partial charge on any atom is -0.345 e. The maximum Gasteiger partial charge on any atom is 0.334 e. The summed E-state index contributed by atoms with van der Waals surface area (Å²) in [5.41, 5.74) is 3.41. The number of carbonyl (C=O) groups is 3. The van der Waals surface area contributed by atoms with E-state index in [4.69, 9.17) is 0 Å². The fourth-order valence-corrected chi connectivity index (χ4v) is 4.43. The SMILES string of the molecule is CC1=CC(c2ccc(F)c(CC(=O)N(C)Cc3ncc(C)[nH]3)c2)NC(=O)N1C(=O)Nc1ccc2[nH]ncc2c1. The molecule has 1 unspecified atom stereocenters. The highest BCUT2D eigenvalue weighted by atomic mass is 19.1. The van der Waals surface area contributed by atoms with Gasteiger partial charge in [-0.1, -0.05) is 6.07 Å². The normalized spacial score (nSPS) is 15.2. The molecule has 5 rings (SSSR count). The predicted octanol–water partition coefficient (Wildman–Crippen LogP) is 4.14. The Hall–Kier alpha value is -5.00. The number of likely N-dealkylation sites (N-methyl/N-ethyl adjacent to an activating group) is 1. The number of imidazole rings is 1. The molecule has 0 fully saturated rings. The van der Waals surface area contributed by atoms with E-state index in [0.717, 1.165) is 21.5 Å². The van der Waals surface area contributed by atoms with Gasteiger partial charge in [0, 0.05) is 35.7 Å². The zero-order valence-corrected chi connectivity index (χ0v) is 21.6. The number of aromatic amines is 2. The highest BCUT2D eigenvalue weighted by Crippen LogP contribution is 2.26. The summed E-state index contributed by atoms with van der Waals surface area (Å²) in [6, 6.07) is 7.74. The minimum absolute atomic E-state index is 0.158. The molecule has 0 spiro atoms. The van der Waals surface area contributed by atoms with Gasteiger partial charge in [-0.25, -0.2) is 23.9 Å². The van der Waals surface area contributed by atoms with Gasteiger partial charge in [-0.3, -0.25) is 9.89 Å². The van der Waals surface area contributed by atoms with Crippen LogP contribution in [0.4, 0.5) is 19.7 Å². The molecular weight excluding hydrogens is 503 g/mol. The van der Waals surface area contributed by atoms with Crippen LogP contribution in [0.15, 0.2) is 60.6 Å². The summed E-state index contributed by atoms with van der Waals surface area (Å²) >= 11 is 0. The molecule has 0 saturated carbocycles. The molecule has 3 heterocycles. The number of aryl methyl sites for hydroxylation is 1. The van der Waals surface area contributed by atoms with Crippen molar-refractivity contribution in [3.8, 4) is 0 Å². The van der Waals surface area contributed by atoms with Crippen molar-refractivity contribution in [2.45, 2.75) is 32.9 Å². The van der Waals surface area contributed by atoms with Crippen molar-refractivity contribution in [2.75, 3.05) is 12.4 Å². The molecule has 1 aliphatic heterocycles. The number of imide groups is 1. The number of anilines is 1. The molecule has 0 aliphatic carbocycles. The Morgan fingerprint density at radius 1 is 1.15 bits per heavy atom. The van der Waals surface area contributed by atoms with E-state index in [1.54, 1.807) is 62.8 Å². The van der Waals surface area contributed by atoms with Gasteiger partial charge < -0.3 is 20.5 Å². The number of H-pyrrole nitrogens is 2. The largest absolute Gasteiger partial charge is 0.345 e. The monoisotopic (exact) mass is 530 g/mol. The highest BCUT2D eigenvalue weighted by molar-refractivity contribution is 6.03. The molecule has 11 nitrogen and oxygen atoms in total. The number of nitrogens with zero attached hydrogens (tertiary/aromatic N) is 4. The molecule has 1 atom stereocenters. The first kappa shape index (κ1) is 25.6. The van der Waals surface area contributed by atoms with Crippen molar-refractivity contribution < 1.29 is 18.8 Å². The topological polar surface area (TPSA) is 139 Å². The van der Waals surface area contributed by atoms with E-state index in [1.165, 1.54) is 11.0 Å². The number of hydrogen-bond acceptors (Lipinski definition) is 5. The smallest absolute Gasteiger partial charge is 0.334 e. The second-order valence-corrected chi connectivity index (χ2v) is 9.46. The summed E-state index contributed by atoms with van der Waals surface area (Å²) in [5, 5.41) is 13.1. The molecule has 2 aromatic carbocycles. The molecule has 0 bridgehead atoms. The number of carbonyl (C=O) groups excluding carboxylic acids is 3. The van der Waals surface area contributed by atoms with Crippen LogP contribution in [0.5, 0.6) is 0 Å². The molecule has 39 heavy (non-hydrogen) atoms. The number of rotatable bonds is 6. The minimum atomic E-state index is -0.627. The average molecular weight is 531 g/mol. The van der Waals surface area contributed by atoms with Crippen LogP contribution in [0.3, 0.4) is 0 Å². The molecular formula is C27H27FN8O3. The lowest BCUT2D eigenvalue weighted by atomic mass is 9.99. The van der Waals surface area contributed by atoms with Crippen molar-refractivity contribution >= 4 is 34.6 Å². The van der Waals surface area contributed by atoms with E-state index in [2.05, 4.69) is 30.8 Å². The van der Waals surface area contributed by atoms with E-state index in [0.29, 0.717) is 22.8 Å². The maximum absolute atomic E-state index is 14.6. The van der Waals surface area contributed by atoms with Crippen molar-refractivity contribution in [1.29, 1.82) is 0 Å². The molecule has 4 N–H and O–H groups in total. The molecule has 200 valence electrons. The second kappa shape index (κ2) is 10.4. The number of nitrogens with one attached hydrogen (secondary N) is 4. The zero-order valence-electron chi connectivity index (χ0n) is 21.6.